The summed E-state index contributed by atoms with van der Waals surface area (Å²) in [5, 5.41) is 2.80. The van der Waals surface area contributed by atoms with Crippen LogP contribution in [0.15, 0.2) is 52.0 Å². The molecule has 1 amide bonds. The molecular weight excluding hydrogens is 354 g/mol. The Bertz CT molecular complexity index is 824. The standard InChI is InChI=1S/C18H23N3O4S/c1-15-4-6-17(7-5-15)26(23,24)21-10-8-20(9-11-21)14-18(22)19-13-16-3-2-12-25-16/h2-7,12H,8-11,13-14H2,1H3,(H,19,22). The highest BCUT2D eigenvalue weighted by Crippen LogP contribution is 2.18. The van der Waals surface area contributed by atoms with Crippen LogP contribution in [0.25, 0.3) is 0 Å². The third kappa shape index (κ3) is 4.51. The van der Waals surface area contributed by atoms with E-state index in [9.17, 15) is 13.2 Å². The van der Waals surface area contributed by atoms with Crippen LogP contribution >= 0.6 is 0 Å². The van der Waals surface area contributed by atoms with E-state index in [1.807, 2.05) is 11.8 Å². The molecule has 1 aromatic carbocycles. The smallest absolute Gasteiger partial charge is 0.243 e. The van der Waals surface area contributed by atoms with Crippen molar-refractivity contribution in [1.29, 1.82) is 0 Å². The molecule has 2 aromatic rings. The lowest BCUT2D eigenvalue weighted by atomic mass is 10.2. The molecule has 1 N–H and O–H groups in total. The van der Waals surface area contributed by atoms with Crippen molar-refractivity contribution in [3.05, 3.63) is 54.0 Å². The van der Waals surface area contributed by atoms with Crippen molar-refractivity contribution in [3.8, 4) is 0 Å². The van der Waals surface area contributed by atoms with Crippen molar-refractivity contribution in [2.75, 3.05) is 32.7 Å². The van der Waals surface area contributed by atoms with Crippen LogP contribution in [-0.2, 0) is 21.4 Å². The maximum atomic E-state index is 12.7. The van der Waals surface area contributed by atoms with E-state index in [2.05, 4.69) is 5.32 Å². The number of nitrogens with one attached hydrogen (secondary N) is 1. The van der Waals surface area contributed by atoms with Crippen molar-refractivity contribution < 1.29 is 17.6 Å². The molecule has 1 fully saturated rings. The molecule has 0 bridgehead atoms. The molecule has 1 aliphatic rings. The summed E-state index contributed by atoms with van der Waals surface area (Å²) in [6, 6.07) is 10.4. The summed E-state index contributed by atoms with van der Waals surface area (Å²) in [5.41, 5.74) is 1.02. The monoisotopic (exact) mass is 377 g/mol. The maximum absolute atomic E-state index is 12.7. The quantitative estimate of drug-likeness (QED) is 0.818. The molecule has 0 spiro atoms. The van der Waals surface area contributed by atoms with Crippen molar-refractivity contribution >= 4 is 15.9 Å². The lowest BCUT2D eigenvalue weighted by Crippen LogP contribution is -2.50. The van der Waals surface area contributed by atoms with Crippen molar-refractivity contribution in [2.24, 2.45) is 0 Å². The normalized spacial score (nSPS) is 16.5. The van der Waals surface area contributed by atoms with Gasteiger partial charge < -0.3 is 9.73 Å². The summed E-state index contributed by atoms with van der Waals surface area (Å²) in [6.07, 6.45) is 1.56. The lowest BCUT2D eigenvalue weighted by Gasteiger charge is -2.33. The number of hydrogen-bond donors (Lipinski definition) is 1. The van der Waals surface area contributed by atoms with E-state index in [-0.39, 0.29) is 12.5 Å². The number of piperazine rings is 1. The Morgan fingerprint density at radius 1 is 1.12 bits per heavy atom. The van der Waals surface area contributed by atoms with Crippen molar-refractivity contribution in [3.63, 3.8) is 0 Å². The highest BCUT2D eigenvalue weighted by molar-refractivity contribution is 7.89. The van der Waals surface area contributed by atoms with E-state index in [0.717, 1.165) is 5.56 Å². The van der Waals surface area contributed by atoms with Gasteiger partial charge in [0.25, 0.3) is 0 Å². The number of carbonyl (C=O) groups is 1. The number of nitrogens with zero attached hydrogens (tertiary/aromatic N) is 2. The zero-order valence-corrected chi connectivity index (χ0v) is 15.5. The van der Waals surface area contributed by atoms with Gasteiger partial charge in [-0.05, 0) is 31.2 Å². The Hall–Kier alpha value is -2.16. The molecule has 0 unspecified atom stereocenters. The Morgan fingerprint density at radius 2 is 1.81 bits per heavy atom. The fourth-order valence-corrected chi connectivity index (χ4v) is 4.27. The lowest BCUT2D eigenvalue weighted by molar-refractivity contribution is -0.122. The van der Waals surface area contributed by atoms with E-state index >= 15 is 0 Å². The van der Waals surface area contributed by atoms with Crippen molar-refractivity contribution in [2.45, 2.75) is 18.4 Å². The number of hydrogen-bond acceptors (Lipinski definition) is 5. The summed E-state index contributed by atoms with van der Waals surface area (Å²) in [4.78, 5) is 14.3. The third-order valence-corrected chi connectivity index (χ3v) is 6.31. The summed E-state index contributed by atoms with van der Waals surface area (Å²) in [5.74, 6) is 0.601. The molecule has 26 heavy (non-hydrogen) atoms. The van der Waals surface area contributed by atoms with Gasteiger partial charge >= 0.3 is 0 Å². The molecule has 3 rings (SSSR count). The van der Waals surface area contributed by atoms with E-state index in [4.69, 9.17) is 4.42 Å². The predicted octanol–water partition coefficient (Wildman–Crippen LogP) is 1.21. The van der Waals surface area contributed by atoms with Gasteiger partial charge in [-0.2, -0.15) is 4.31 Å². The van der Waals surface area contributed by atoms with Crippen LogP contribution in [0.3, 0.4) is 0 Å². The molecule has 0 aliphatic carbocycles. The Balaban J connectivity index is 1.49. The first kappa shape index (κ1) is 18.6. The first-order chi connectivity index (χ1) is 12.4. The van der Waals surface area contributed by atoms with Crippen LogP contribution in [0.4, 0.5) is 0 Å². The number of rotatable bonds is 6. The van der Waals surface area contributed by atoms with Gasteiger partial charge in [-0.15, -0.1) is 0 Å². The molecule has 8 heteroatoms. The molecule has 0 saturated carbocycles. The number of sulfonamides is 1. The number of aryl methyl sites for hydroxylation is 1. The zero-order chi connectivity index (χ0) is 18.6. The molecule has 1 saturated heterocycles. The van der Waals surface area contributed by atoms with Crippen LogP contribution in [0.2, 0.25) is 0 Å². The van der Waals surface area contributed by atoms with Crippen LogP contribution in [0.1, 0.15) is 11.3 Å². The van der Waals surface area contributed by atoms with Gasteiger partial charge in [0.1, 0.15) is 5.76 Å². The SMILES string of the molecule is Cc1ccc(S(=O)(=O)N2CCN(CC(=O)NCc3ccco3)CC2)cc1. The van der Waals surface area contributed by atoms with Gasteiger partial charge in [0.2, 0.25) is 15.9 Å². The van der Waals surface area contributed by atoms with Gasteiger partial charge in [-0.1, -0.05) is 17.7 Å². The summed E-state index contributed by atoms with van der Waals surface area (Å²) < 4.78 is 32.0. The van der Waals surface area contributed by atoms with E-state index in [1.165, 1.54) is 4.31 Å². The highest BCUT2D eigenvalue weighted by Gasteiger charge is 2.28. The minimum atomic E-state index is -3.48. The fourth-order valence-electron chi connectivity index (χ4n) is 2.85. The molecule has 1 aliphatic heterocycles. The molecule has 0 atom stereocenters. The van der Waals surface area contributed by atoms with Crippen LogP contribution < -0.4 is 5.32 Å². The molecular formula is C18H23N3O4S. The summed E-state index contributed by atoms with van der Waals surface area (Å²) in [7, 11) is -3.48. The van der Waals surface area contributed by atoms with Crippen LogP contribution in [0, 0.1) is 6.92 Å². The highest BCUT2D eigenvalue weighted by atomic mass is 32.2. The Morgan fingerprint density at radius 3 is 2.42 bits per heavy atom. The zero-order valence-electron chi connectivity index (χ0n) is 14.7. The number of furan rings is 1. The third-order valence-electron chi connectivity index (χ3n) is 4.40. The van der Waals surface area contributed by atoms with E-state index in [1.54, 1.807) is 42.7 Å². The number of carbonyl (C=O) groups excluding carboxylic acids is 1. The van der Waals surface area contributed by atoms with Gasteiger partial charge in [0.05, 0.1) is 24.2 Å². The average molecular weight is 377 g/mol. The molecule has 140 valence electrons. The second-order valence-electron chi connectivity index (χ2n) is 6.35. The van der Waals surface area contributed by atoms with Crippen LogP contribution in [-0.4, -0.2) is 56.3 Å². The van der Waals surface area contributed by atoms with Crippen molar-refractivity contribution in [1.82, 2.24) is 14.5 Å². The minimum absolute atomic E-state index is 0.101. The second-order valence-corrected chi connectivity index (χ2v) is 8.29. The fraction of sp³-hybridized carbons (Fsp3) is 0.389. The summed E-state index contributed by atoms with van der Waals surface area (Å²) in [6.45, 7) is 4.33. The van der Waals surface area contributed by atoms with Gasteiger partial charge in [-0.25, -0.2) is 8.42 Å². The van der Waals surface area contributed by atoms with Crippen LogP contribution in [0.5, 0.6) is 0 Å². The number of amides is 1. The molecule has 2 heterocycles. The molecule has 0 radical (unpaired) electrons. The first-order valence-electron chi connectivity index (χ1n) is 8.53. The molecule has 1 aromatic heterocycles. The van der Waals surface area contributed by atoms with E-state index < -0.39 is 10.0 Å². The Labute approximate surface area is 153 Å². The van der Waals surface area contributed by atoms with Gasteiger partial charge in [-0.3, -0.25) is 9.69 Å². The minimum Gasteiger partial charge on any atom is -0.467 e. The average Bonchev–Trinajstić information content (AvgIpc) is 3.14. The summed E-state index contributed by atoms with van der Waals surface area (Å²) >= 11 is 0. The first-order valence-corrected chi connectivity index (χ1v) is 9.97. The predicted molar refractivity (Wildman–Crippen MR) is 96.9 cm³/mol. The van der Waals surface area contributed by atoms with Gasteiger partial charge in [0.15, 0.2) is 0 Å². The van der Waals surface area contributed by atoms with E-state index in [0.29, 0.717) is 43.4 Å². The maximum Gasteiger partial charge on any atom is 0.243 e. The topological polar surface area (TPSA) is 82.9 Å². The molecule has 7 nitrogen and oxygen atoms in total. The number of benzene rings is 1. The van der Waals surface area contributed by atoms with Gasteiger partial charge in [0, 0.05) is 26.2 Å². The Kier molecular flexibility index (Phi) is 5.75. The second kappa shape index (κ2) is 8.03. The largest absolute Gasteiger partial charge is 0.467 e.